The van der Waals surface area contributed by atoms with Gasteiger partial charge in [0.25, 0.3) is 0 Å². The lowest BCUT2D eigenvalue weighted by atomic mass is 9.85. The molecule has 0 N–H and O–H groups in total. The Kier molecular flexibility index (Phi) is 4.75. The van der Waals surface area contributed by atoms with Gasteiger partial charge in [-0.1, -0.05) is 19.1 Å². The molecule has 0 unspecified atom stereocenters. The van der Waals surface area contributed by atoms with Gasteiger partial charge in [0, 0.05) is 10.8 Å². The number of carbonyl (C=O) groups is 1. The average molecular weight is 239 g/mol. The Balaban J connectivity index is 3.00. The van der Waals surface area contributed by atoms with Gasteiger partial charge < -0.3 is 4.79 Å². The Morgan fingerprint density at radius 3 is 2.41 bits per heavy atom. The lowest BCUT2D eigenvalue weighted by molar-refractivity contribution is -0.484. The fourth-order valence-electron chi connectivity index (χ4n) is 1.83. The Morgan fingerprint density at radius 2 is 2.00 bits per heavy atom. The highest BCUT2D eigenvalue weighted by Crippen LogP contribution is 2.26. The maximum atomic E-state index is 12.8. The van der Waals surface area contributed by atoms with Crippen molar-refractivity contribution in [3.8, 4) is 0 Å². The molecule has 1 rings (SSSR count). The third kappa shape index (κ3) is 3.62. The second-order valence-electron chi connectivity index (χ2n) is 3.88. The molecule has 0 aliphatic carbocycles. The van der Waals surface area contributed by atoms with Gasteiger partial charge in [-0.15, -0.1) is 0 Å². The van der Waals surface area contributed by atoms with Gasteiger partial charge in [0.2, 0.25) is 6.54 Å². The topological polar surface area (TPSA) is 60.2 Å². The van der Waals surface area contributed by atoms with Crippen LogP contribution in [0.2, 0.25) is 0 Å². The number of rotatable bonds is 6. The molecule has 0 spiro atoms. The van der Waals surface area contributed by atoms with Gasteiger partial charge in [0.1, 0.15) is 12.1 Å². The third-order valence-corrected chi connectivity index (χ3v) is 2.81. The minimum absolute atomic E-state index is 0.317. The second kappa shape index (κ2) is 6.08. The summed E-state index contributed by atoms with van der Waals surface area (Å²) in [6.45, 7) is 1.48. The number of hydrogen-bond acceptors (Lipinski definition) is 3. The fourth-order valence-corrected chi connectivity index (χ4v) is 1.83. The molecular formula is C12H14FNO3. The highest BCUT2D eigenvalue weighted by atomic mass is 19.1. The van der Waals surface area contributed by atoms with E-state index in [1.54, 1.807) is 6.92 Å². The van der Waals surface area contributed by atoms with Gasteiger partial charge in [-0.2, -0.15) is 0 Å². The van der Waals surface area contributed by atoms with E-state index < -0.39 is 22.6 Å². The van der Waals surface area contributed by atoms with Crippen molar-refractivity contribution in [1.29, 1.82) is 0 Å². The van der Waals surface area contributed by atoms with Crippen LogP contribution in [0.25, 0.3) is 0 Å². The van der Waals surface area contributed by atoms with Gasteiger partial charge in [0.15, 0.2) is 0 Å². The molecule has 0 amide bonds. The molecule has 0 fully saturated rings. The molecule has 4 nitrogen and oxygen atoms in total. The number of nitrogens with zero attached hydrogens (tertiary/aromatic N) is 1. The average Bonchev–Trinajstić information content (AvgIpc) is 2.30. The van der Waals surface area contributed by atoms with Crippen LogP contribution in [-0.4, -0.2) is 17.8 Å². The molecule has 0 aromatic heterocycles. The SMILES string of the molecule is CC[C@@H](C=O)[C@H](C[N+](=O)[O-])c1ccc(F)cc1. The molecule has 17 heavy (non-hydrogen) atoms. The van der Waals surface area contributed by atoms with E-state index in [-0.39, 0.29) is 6.54 Å². The van der Waals surface area contributed by atoms with E-state index in [2.05, 4.69) is 0 Å². The predicted molar refractivity (Wildman–Crippen MR) is 60.8 cm³/mol. The molecule has 1 aromatic carbocycles. The molecule has 0 saturated heterocycles. The molecule has 0 saturated carbocycles. The zero-order chi connectivity index (χ0) is 12.8. The molecule has 0 heterocycles. The summed E-state index contributed by atoms with van der Waals surface area (Å²) >= 11 is 0. The van der Waals surface area contributed by atoms with E-state index in [4.69, 9.17) is 0 Å². The van der Waals surface area contributed by atoms with E-state index in [9.17, 15) is 19.3 Å². The number of benzene rings is 1. The Labute approximate surface area is 98.6 Å². The van der Waals surface area contributed by atoms with Crippen LogP contribution in [0.1, 0.15) is 24.8 Å². The first-order valence-electron chi connectivity index (χ1n) is 5.41. The first-order valence-corrected chi connectivity index (χ1v) is 5.41. The number of nitro groups is 1. The Hall–Kier alpha value is -1.78. The number of aldehydes is 1. The van der Waals surface area contributed by atoms with Crippen molar-refractivity contribution in [3.05, 3.63) is 45.8 Å². The third-order valence-electron chi connectivity index (χ3n) is 2.81. The molecule has 5 heteroatoms. The lowest BCUT2D eigenvalue weighted by Crippen LogP contribution is -2.22. The first kappa shape index (κ1) is 13.3. The maximum Gasteiger partial charge on any atom is 0.211 e. The van der Waals surface area contributed by atoms with E-state index >= 15 is 0 Å². The standard InChI is InChI=1S/C12H14FNO3/c1-2-9(8-15)12(7-14(16)17)10-3-5-11(13)6-4-10/h3-6,8-9,12H,2,7H2,1H3/t9-,12-/m0/s1. The van der Waals surface area contributed by atoms with Crippen molar-refractivity contribution < 1.29 is 14.1 Å². The van der Waals surface area contributed by atoms with Gasteiger partial charge >= 0.3 is 0 Å². The van der Waals surface area contributed by atoms with Gasteiger partial charge in [0.05, 0.1) is 5.92 Å². The quantitative estimate of drug-likeness (QED) is 0.435. The van der Waals surface area contributed by atoms with Crippen LogP contribution in [0.4, 0.5) is 4.39 Å². The molecule has 2 atom stereocenters. The predicted octanol–water partition coefficient (Wildman–Crippen LogP) is 2.41. The van der Waals surface area contributed by atoms with Crippen molar-refractivity contribution >= 4 is 6.29 Å². The smallest absolute Gasteiger partial charge is 0.211 e. The van der Waals surface area contributed by atoms with Crippen LogP contribution in [-0.2, 0) is 4.79 Å². The normalized spacial score (nSPS) is 14.0. The molecule has 1 aromatic rings. The summed E-state index contributed by atoms with van der Waals surface area (Å²) in [6, 6.07) is 5.49. The molecular weight excluding hydrogens is 225 g/mol. The number of hydrogen-bond donors (Lipinski definition) is 0. The monoisotopic (exact) mass is 239 g/mol. The summed E-state index contributed by atoms with van der Waals surface area (Å²) in [5, 5.41) is 10.6. The van der Waals surface area contributed by atoms with Crippen molar-refractivity contribution in [2.45, 2.75) is 19.3 Å². The van der Waals surface area contributed by atoms with Crippen LogP contribution in [0.5, 0.6) is 0 Å². The van der Waals surface area contributed by atoms with Crippen molar-refractivity contribution in [2.24, 2.45) is 5.92 Å². The fraction of sp³-hybridized carbons (Fsp3) is 0.417. The van der Waals surface area contributed by atoms with Crippen LogP contribution in [0.3, 0.4) is 0 Å². The summed E-state index contributed by atoms with van der Waals surface area (Å²) < 4.78 is 12.8. The summed E-state index contributed by atoms with van der Waals surface area (Å²) in [7, 11) is 0. The largest absolute Gasteiger partial charge is 0.303 e. The first-order chi connectivity index (χ1) is 8.08. The van der Waals surface area contributed by atoms with Crippen LogP contribution < -0.4 is 0 Å². The molecule has 0 aliphatic heterocycles. The lowest BCUT2D eigenvalue weighted by Gasteiger charge is -2.18. The number of carbonyl (C=O) groups excluding carboxylic acids is 1. The Morgan fingerprint density at radius 1 is 1.41 bits per heavy atom. The summed E-state index contributed by atoms with van der Waals surface area (Å²) in [6.07, 6.45) is 1.26. The molecule has 0 radical (unpaired) electrons. The summed E-state index contributed by atoms with van der Waals surface area (Å²) in [5.41, 5.74) is 0.627. The van der Waals surface area contributed by atoms with Gasteiger partial charge in [-0.25, -0.2) is 4.39 Å². The van der Waals surface area contributed by atoms with Crippen molar-refractivity contribution in [1.82, 2.24) is 0 Å². The van der Waals surface area contributed by atoms with Crippen LogP contribution >= 0.6 is 0 Å². The van der Waals surface area contributed by atoms with Gasteiger partial charge in [-0.3, -0.25) is 10.1 Å². The Bertz CT molecular complexity index is 391. The van der Waals surface area contributed by atoms with E-state index in [0.717, 1.165) is 6.29 Å². The molecule has 0 aliphatic rings. The zero-order valence-corrected chi connectivity index (χ0v) is 9.51. The van der Waals surface area contributed by atoms with E-state index in [0.29, 0.717) is 12.0 Å². The van der Waals surface area contributed by atoms with E-state index in [1.165, 1.54) is 24.3 Å². The van der Waals surface area contributed by atoms with Crippen LogP contribution in [0, 0.1) is 21.8 Å². The molecule has 0 bridgehead atoms. The highest BCUT2D eigenvalue weighted by molar-refractivity contribution is 5.55. The summed E-state index contributed by atoms with van der Waals surface area (Å²) in [5.74, 6) is -1.30. The van der Waals surface area contributed by atoms with Crippen molar-refractivity contribution in [2.75, 3.05) is 6.54 Å². The number of halogens is 1. The van der Waals surface area contributed by atoms with Crippen molar-refractivity contribution in [3.63, 3.8) is 0 Å². The van der Waals surface area contributed by atoms with Crippen LogP contribution in [0.15, 0.2) is 24.3 Å². The summed E-state index contributed by atoms with van der Waals surface area (Å²) in [4.78, 5) is 21.1. The highest BCUT2D eigenvalue weighted by Gasteiger charge is 2.26. The second-order valence-corrected chi connectivity index (χ2v) is 3.88. The molecule has 92 valence electrons. The van der Waals surface area contributed by atoms with E-state index in [1.807, 2.05) is 0 Å². The minimum Gasteiger partial charge on any atom is -0.303 e. The van der Waals surface area contributed by atoms with Gasteiger partial charge in [-0.05, 0) is 24.1 Å². The minimum atomic E-state index is -0.493. The zero-order valence-electron chi connectivity index (χ0n) is 9.51. The maximum absolute atomic E-state index is 12.8.